The van der Waals surface area contributed by atoms with Gasteiger partial charge in [0.25, 0.3) is 0 Å². The lowest BCUT2D eigenvalue weighted by molar-refractivity contribution is 0.0468. The minimum absolute atomic E-state index is 0.1000. The molecule has 0 fully saturated rings. The first-order valence-corrected chi connectivity index (χ1v) is 7.77. The summed E-state index contributed by atoms with van der Waals surface area (Å²) in [5.74, 6) is -0.472. The number of rotatable bonds is 3. The zero-order chi connectivity index (χ0) is 15.7. The molecule has 6 heteroatoms. The van der Waals surface area contributed by atoms with Gasteiger partial charge in [0, 0.05) is 16.9 Å². The number of hydrogen-bond acceptors (Lipinski definition) is 3. The predicted molar refractivity (Wildman–Crippen MR) is 88.2 cm³/mol. The van der Waals surface area contributed by atoms with Gasteiger partial charge in [-0.3, -0.25) is 0 Å². The van der Waals surface area contributed by atoms with Gasteiger partial charge < -0.3 is 9.14 Å². The fourth-order valence-electron chi connectivity index (χ4n) is 2.15. The molecule has 3 aromatic rings. The van der Waals surface area contributed by atoms with Crippen molar-refractivity contribution in [1.29, 1.82) is 0 Å². The molecule has 0 bridgehead atoms. The van der Waals surface area contributed by atoms with Crippen LogP contribution in [0.2, 0.25) is 5.02 Å². The largest absolute Gasteiger partial charge is 0.455 e. The average molecular weight is 380 g/mol. The van der Waals surface area contributed by atoms with Crippen LogP contribution >= 0.6 is 27.5 Å². The molecule has 0 atom stereocenters. The molecule has 0 aliphatic rings. The van der Waals surface area contributed by atoms with E-state index >= 15 is 0 Å². The fourth-order valence-corrected chi connectivity index (χ4v) is 2.70. The lowest BCUT2D eigenvalue weighted by Crippen LogP contribution is -2.06. The number of imidazole rings is 1. The van der Waals surface area contributed by atoms with Gasteiger partial charge in [0.15, 0.2) is 0 Å². The van der Waals surface area contributed by atoms with Crippen molar-refractivity contribution in [3.05, 3.63) is 69.0 Å². The van der Waals surface area contributed by atoms with Crippen LogP contribution in [0.5, 0.6) is 0 Å². The van der Waals surface area contributed by atoms with Gasteiger partial charge in [-0.2, -0.15) is 0 Å². The molecule has 1 aromatic carbocycles. The SMILES string of the molecule is Cc1cccn2cc(COC(=O)c3cc(Br)ccc3Cl)nc12. The standard InChI is InChI=1S/C16H12BrClN2O2/c1-10-3-2-6-20-8-12(19-15(10)20)9-22-16(21)13-7-11(17)4-5-14(13)18/h2-8H,9H2,1H3. The Bertz CT molecular complexity index is 860. The number of halogens is 2. The lowest BCUT2D eigenvalue weighted by atomic mass is 10.2. The van der Waals surface area contributed by atoms with E-state index in [1.54, 1.807) is 18.2 Å². The molecule has 0 spiro atoms. The Balaban J connectivity index is 1.77. The van der Waals surface area contributed by atoms with E-state index in [-0.39, 0.29) is 6.61 Å². The van der Waals surface area contributed by atoms with Crippen LogP contribution in [0, 0.1) is 6.92 Å². The van der Waals surface area contributed by atoms with E-state index in [0.29, 0.717) is 16.3 Å². The number of aryl methyl sites for hydroxylation is 1. The van der Waals surface area contributed by atoms with Gasteiger partial charge in [-0.15, -0.1) is 0 Å². The Morgan fingerprint density at radius 3 is 3.00 bits per heavy atom. The number of benzene rings is 1. The molecule has 22 heavy (non-hydrogen) atoms. The Kier molecular flexibility index (Phi) is 4.18. The number of carbonyl (C=O) groups is 1. The molecule has 0 saturated heterocycles. The van der Waals surface area contributed by atoms with Crippen molar-refractivity contribution >= 4 is 39.1 Å². The number of pyridine rings is 1. The van der Waals surface area contributed by atoms with Crippen LogP contribution in [-0.4, -0.2) is 15.4 Å². The van der Waals surface area contributed by atoms with E-state index in [0.717, 1.165) is 15.7 Å². The first-order valence-electron chi connectivity index (χ1n) is 6.60. The zero-order valence-electron chi connectivity index (χ0n) is 11.7. The number of hydrogen-bond donors (Lipinski definition) is 0. The minimum atomic E-state index is -0.472. The van der Waals surface area contributed by atoms with Crippen LogP contribution < -0.4 is 0 Å². The summed E-state index contributed by atoms with van der Waals surface area (Å²) in [5.41, 5.74) is 2.94. The molecular weight excluding hydrogens is 368 g/mol. The van der Waals surface area contributed by atoms with Crippen molar-refractivity contribution < 1.29 is 9.53 Å². The summed E-state index contributed by atoms with van der Waals surface area (Å²) in [4.78, 5) is 16.6. The van der Waals surface area contributed by atoms with Crippen molar-refractivity contribution in [1.82, 2.24) is 9.38 Å². The van der Waals surface area contributed by atoms with E-state index in [1.165, 1.54) is 0 Å². The molecule has 0 saturated carbocycles. The Labute approximate surface area is 140 Å². The van der Waals surface area contributed by atoms with Gasteiger partial charge in [-0.05, 0) is 36.8 Å². The number of nitrogens with zero attached hydrogens (tertiary/aromatic N) is 2. The summed E-state index contributed by atoms with van der Waals surface area (Å²) in [5, 5.41) is 0.360. The van der Waals surface area contributed by atoms with Crippen molar-refractivity contribution in [3.63, 3.8) is 0 Å². The highest BCUT2D eigenvalue weighted by Gasteiger charge is 2.13. The monoisotopic (exact) mass is 378 g/mol. The topological polar surface area (TPSA) is 43.6 Å². The second kappa shape index (κ2) is 6.10. The summed E-state index contributed by atoms with van der Waals surface area (Å²) in [6, 6.07) is 8.99. The molecule has 2 heterocycles. The van der Waals surface area contributed by atoms with Gasteiger partial charge in [0.2, 0.25) is 0 Å². The number of ether oxygens (including phenoxy) is 1. The lowest BCUT2D eigenvalue weighted by Gasteiger charge is -2.05. The third kappa shape index (κ3) is 3.00. The van der Waals surface area contributed by atoms with Crippen molar-refractivity contribution in [2.24, 2.45) is 0 Å². The quantitative estimate of drug-likeness (QED) is 0.633. The van der Waals surface area contributed by atoms with E-state index in [9.17, 15) is 4.79 Å². The second-order valence-corrected chi connectivity index (χ2v) is 6.18. The van der Waals surface area contributed by atoms with E-state index < -0.39 is 5.97 Å². The third-order valence-corrected chi connectivity index (χ3v) is 4.05. The summed E-state index contributed by atoms with van der Waals surface area (Å²) in [6.07, 6.45) is 3.75. The van der Waals surface area contributed by atoms with Crippen LogP contribution in [0.4, 0.5) is 0 Å². The predicted octanol–water partition coefficient (Wildman–Crippen LogP) is 4.42. The van der Waals surface area contributed by atoms with Crippen LogP contribution in [0.15, 0.2) is 47.2 Å². The molecular formula is C16H12BrClN2O2. The van der Waals surface area contributed by atoms with Crippen molar-refractivity contribution in [3.8, 4) is 0 Å². The number of fused-ring (bicyclic) bond motifs is 1. The van der Waals surface area contributed by atoms with Crippen LogP contribution in [0.1, 0.15) is 21.6 Å². The second-order valence-electron chi connectivity index (χ2n) is 4.85. The van der Waals surface area contributed by atoms with E-state index in [1.807, 2.05) is 35.9 Å². The zero-order valence-corrected chi connectivity index (χ0v) is 14.1. The number of aromatic nitrogens is 2. The Morgan fingerprint density at radius 1 is 1.41 bits per heavy atom. The molecule has 3 rings (SSSR count). The average Bonchev–Trinajstić information content (AvgIpc) is 2.92. The van der Waals surface area contributed by atoms with Crippen LogP contribution in [-0.2, 0) is 11.3 Å². The molecule has 0 aliphatic carbocycles. The summed E-state index contributed by atoms with van der Waals surface area (Å²) < 4.78 is 7.98. The molecule has 112 valence electrons. The number of carbonyl (C=O) groups excluding carboxylic acids is 1. The maximum atomic E-state index is 12.1. The molecule has 2 aromatic heterocycles. The Hall–Kier alpha value is -1.85. The molecule has 4 nitrogen and oxygen atoms in total. The third-order valence-electron chi connectivity index (χ3n) is 3.23. The smallest absolute Gasteiger partial charge is 0.340 e. The normalized spacial score (nSPS) is 10.9. The first-order chi connectivity index (χ1) is 10.5. The van der Waals surface area contributed by atoms with Crippen molar-refractivity contribution in [2.45, 2.75) is 13.5 Å². The fraction of sp³-hybridized carbons (Fsp3) is 0.125. The van der Waals surface area contributed by atoms with Gasteiger partial charge in [0.1, 0.15) is 12.3 Å². The minimum Gasteiger partial charge on any atom is -0.455 e. The first kappa shape index (κ1) is 15.1. The molecule has 0 unspecified atom stereocenters. The Morgan fingerprint density at radius 2 is 2.23 bits per heavy atom. The highest BCUT2D eigenvalue weighted by molar-refractivity contribution is 9.10. The molecule has 0 aliphatic heterocycles. The molecule has 0 radical (unpaired) electrons. The highest BCUT2D eigenvalue weighted by Crippen LogP contribution is 2.22. The van der Waals surface area contributed by atoms with Gasteiger partial charge in [0.05, 0.1) is 16.3 Å². The van der Waals surface area contributed by atoms with Gasteiger partial charge in [-0.25, -0.2) is 9.78 Å². The van der Waals surface area contributed by atoms with Crippen molar-refractivity contribution in [2.75, 3.05) is 0 Å². The molecule has 0 amide bonds. The van der Waals surface area contributed by atoms with E-state index in [4.69, 9.17) is 16.3 Å². The number of esters is 1. The van der Waals surface area contributed by atoms with Crippen LogP contribution in [0.25, 0.3) is 5.65 Å². The summed E-state index contributed by atoms with van der Waals surface area (Å²) >= 11 is 9.33. The molecule has 0 N–H and O–H groups in total. The van der Waals surface area contributed by atoms with Gasteiger partial charge >= 0.3 is 5.97 Å². The highest BCUT2D eigenvalue weighted by atomic mass is 79.9. The maximum absolute atomic E-state index is 12.1. The maximum Gasteiger partial charge on any atom is 0.340 e. The van der Waals surface area contributed by atoms with Crippen LogP contribution in [0.3, 0.4) is 0 Å². The van der Waals surface area contributed by atoms with Gasteiger partial charge in [-0.1, -0.05) is 33.6 Å². The summed E-state index contributed by atoms with van der Waals surface area (Å²) in [7, 11) is 0. The van der Waals surface area contributed by atoms with E-state index in [2.05, 4.69) is 20.9 Å². The summed E-state index contributed by atoms with van der Waals surface area (Å²) in [6.45, 7) is 2.09.